The number of nitrogens with zero attached hydrogens (tertiary/aromatic N) is 1. The maximum atomic E-state index is 12.1. The first kappa shape index (κ1) is 12.2. The SMILES string of the molecule is O=[S@](C[C@@H]1CCCCN1)c1cccc(Br)n1. The van der Waals surface area contributed by atoms with Crippen molar-refractivity contribution >= 4 is 26.7 Å². The molecule has 16 heavy (non-hydrogen) atoms. The van der Waals surface area contributed by atoms with Gasteiger partial charge in [0.2, 0.25) is 0 Å². The van der Waals surface area contributed by atoms with Gasteiger partial charge in [0.1, 0.15) is 9.63 Å². The Kier molecular flexibility index (Phi) is 4.49. The van der Waals surface area contributed by atoms with Crippen molar-refractivity contribution in [2.45, 2.75) is 30.3 Å². The lowest BCUT2D eigenvalue weighted by Gasteiger charge is -2.22. The maximum Gasteiger partial charge on any atom is 0.128 e. The van der Waals surface area contributed by atoms with Gasteiger partial charge < -0.3 is 5.32 Å². The van der Waals surface area contributed by atoms with E-state index in [-0.39, 0.29) is 0 Å². The van der Waals surface area contributed by atoms with Crippen molar-refractivity contribution < 1.29 is 4.21 Å². The number of pyridine rings is 1. The molecule has 3 nitrogen and oxygen atoms in total. The number of nitrogens with one attached hydrogen (secondary N) is 1. The predicted molar refractivity (Wildman–Crippen MR) is 68.9 cm³/mol. The van der Waals surface area contributed by atoms with Crippen LogP contribution in [0.1, 0.15) is 19.3 Å². The van der Waals surface area contributed by atoms with Crippen LogP contribution >= 0.6 is 15.9 Å². The summed E-state index contributed by atoms with van der Waals surface area (Å²) in [5.41, 5.74) is 0. The molecule has 0 radical (unpaired) electrons. The van der Waals surface area contributed by atoms with Gasteiger partial charge in [-0.2, -0.15) is 0 Å². The van der Waals surface area contributed by atoms with E-state index in [0.29, 0.717) is 16.8 Å². The first-order valence-electron chi connectivity index (χ1n) is 5.50. The van der Waals surface area contributed by atoms with Crippen molar-refractivity contribution in [1.82, 2.24) is 10.3 Å². The van der Waals surface area contributed by atoms with Gasteiger partial charge in [0.05, 0.1) is 10.8 Å². The van der Waals surface area contributed by atoms with E-state index in [1.165, 1.54) is 12.8 Å². The predicted octanol–water partition coefficient (Wildman–Crippen LogP) is 2.09. The highest BCUT2D eigenvalue weighted by Crippen LogP contribution is 2.13. The number of rotatable bonds is 3. The summed E-state index contributed by atoms with van der Waals surface area (Å²) in [4.78, 5) is 4.23. The van der Waals surface area contributed by atoms with Gasteiger partial charge in [-0.05, 0) is 47.4 Å². The minimum Gasteiger partial charge on any atom is -0.313 e. The molecule has 0 unspecified atom stereocenters. The fourth-order valence-corrected chi connectivity index (χ4v) is 3.56. The molecule has 1 fully saturated rings. The Balaban J connectivity index is 1.97. The molecule has 1 aliphatic heterocycles. The highest BCUT2D eigenvalue weighted by molar-refractivity contribution is 9.10. The van der Waals surface area contributed by atoms with Crippen molar-refractivity contribution in [3.63, 3.8) is 0 Å². The quantitative estimate of drug-likeness (QED) is 0.870. The zero-order valence-corrected chi connectivity index (χ0v) is 11.4. The van der Waals surface area contributed by atoms with Gasteiger partial charge >= 0.3 is 0 Å². The molecule has 0 aromatic carbocycles. The molecule has 1 N–H and O–H groups in total. The molecule has 1 aromatic rings. The van der Waals surface area contributed by atoms with Crippen LogP contribution in [0.5, 0.6) is 0 Å². The lowest BCUT2D eigenvalue weighted by atomic mass is 10.1. The Labute approximate surface area is 107 Å². The number of aromatic nitrogens is 1. The van der Waals surface area contributed by atoms with E-state index in [1.807, 2.05) is 18.2 Å². The Morgan fingerprint density at radius 3 is 3.06 bits per heavy atom. The van der Waals surface area contributed by atoms with E-state index in [9.17, 15) is 4.21 Å². The van der Waals surface area contributed by atoms with Gasteiger partial charge in [-0.1, -0.05) is 12.5 Å². The van der Waals surface area contributed by atoms with E-state index in [0.717, 1.165) is 17.6 Å². The van der Waals surface area contributed by atoms with Crippen molar-refractivity contribution in [2.24, 2.45) is 0 Å². The fraction of sp³-hybridized carbons (Fsp3) is 0.545. The third-order valence-corrected chi connectivity index (χ3v) is 4.53. The van der Waals surface area contributed by atoms with Crippen LogP contribution in [0, 0.1) is 0 Å². The van der Waals surface area contributed by atoms with Crippen LogP contribution in [0.2, 0.25) is 0 Å². The molecule has 1 saturated heterocycles. The lowest BCUT2D eigenvalue weighted by Crippen LogP contribution is -2.38. The molecular weight excluding hydrogens is 288 g/mol. The van der Waals surface area contributed by atoms with Crippen LogP contribution in [0.25, 0.3) is 0 Å². The van der Waals surface area contributed by atoms with Crippen LogP contribution in [0.15, 0.2) is 27.8 Å². The number of halogens is 1. The second-order valence-corrected chi connectivity index (χ2v) is 6.21. The molecule has 0 aliphatic carbocycles. The summed E-state index contributed by atoms with van der Waals surface area (Å²) in [6, 6.07) is 5.93. The summed E-state index contributed by atoms with van der Waals surface area (Å²) in [5.74, 6) is 0.670. The molecule has 0 saturated carbocycles. The molecule has 2 atom stereocenters. The minimum absolute atomic E-state index is 0.385. The summed E-state index contributed by atoms with van der Waals surface area (Å²) in [5, 5.41) is 4.07. The average molecular weight is 303 g/mol. The van der Waals surface area contributed by atoms with Gasteiger partial charge in [0.15, 0.2) is 0 Å². The molecule has 2 heterocycles. The number of hydrogen-bond donors (Lipinski definition) is 1. The highest BCUT2D eigenvalue weighted by Gasteiger charge is 2.17. The monoisotopic (exact) mass is 302 g/mol. The normalized spacial score (nSPS) is 22.9. The van der Waals surface area contributed by atoms with Crippen LogP contribution < -0.4 is 5.32 Å². The average Bonchev–Trinajstić information content (AvgIpc) is 2.30. The molecule has 1 aliphatic rings. The zero-order valence-electron chi connectivity index (χ0n) is 8.99. The summed E-state index contributed by atoms with van der Waals surface area (Å²) < 4.78 is 12.8. The Morgan fingerprint density at radius 2 is 2.38 bits per heavy atom. The van der Waals surface area contributed by atoms with Gasteiger partial charge in [-0.25, -0.2) is 4.98 Å². The van der Waals surface area contributed by atoms with E-state index in [4.69, 9.17) is 0 Å². The van der Waals surface area contributed by atoms with E-state index >= 15 is 0 Å². The largest absolute Gasteiger partial charge is 0.313 e. The lowest BCUT2D eigenvalue weighted by molar-refractivity contribution is 0.427. The Bertz CT molecular complexity index is 380. The third kappa shape index (κ3) is 3.37. The summed E-state index contributed by atoms with van der Waals surface area (Å²) >= 11 is 3.29. The minimum atomic E-state index is -0.995. The van der Waals surface area contributed by atoms with Crippen LogP contribution in [0.4, 0.5) is 0 Å². The summed E-state index contributed by atoms with van der Waals surface area (Å²) in [7, 11) is -0.995. The smallest absolute Gasteiger partial charge is 0.128 e. The summed E-state index contributed by atoms with van der Waals surface area (Å²) in [6.45, 7) is 1.05. The van der Waals surface area contributed by atoms with Gasteiger partial charge in [-0.15, -0.1) is 0 Å². The second kappa shape index (κ2) is 5.89. The third-order valence-electron chi connectivity index (χ3n) is 2.69. The maximum absolute atomic E-state index is 12.1. The topological polar surface area (TPSA) is 42.0 Å². The van der Waals surface area contributed by atoms with Crippen molar-refractivity contribution in [1.29, 1.82) is 0 Å². The second-order valence-electron chi connectivity index (χ2n) is 3.96. The molecular formula is C11H15BrN2OS. The first-order chi connectivity index (χ1) is 7.75. The first-order valence-corrected chi connectivity index (χ1v) is 7.61. The summed E-state index contributed by atoms with van der Waals surface area (Å²) in [6.07, 6.45) is 3.60. The molecule has 88 valence electrons. The van der Waals surface area contributed by atoms with Crippen molar-refractivity contribution in [2.75, 3.05) is 12.3 Å². The van der Waals surface area contributed by atoms with Gasteiger partial charge in [0, 0.05) is 11.8 Å². The van der Waals surface area contributed by atoms with Crippen molar-refractivity contribution in [3.8, 4) is 0 Å². The van der Waals surface area contributed by atoms with E-state index in [1.54, 1.807) is 0 Å². The highest BCUT2D eigenvalue weighted by atomic mass is 79.9. The molecule has 0 spiro atoms. The van der Waals surface area contributed by atoms with Gasteiger partial charge in [0.25, 0.3) is 0 Å². The Hall–Kier alpha value is -0.260. The van der Waals surface area contributed by atoms with E-state index < -0.39 is 10.8 Å². The van der Waals surface area contributed by atoms with Crippen LogP contribution in [-0.2, 0) is 10.8 Å². The number of piperidine rings is 1. The Morgan fingerprint density at radius 1 is 1.50 bits per heavy atom. The van der Waals surface area contributed by atoms with Crippen molar-refractivity contribution in [3.05, 3.63) is 22.8 Å². The van der Waals surface area contributed by atoms with E-state index in [2.05, 4.69) is 26.2 Å². The molecule has 5 heteroatoms. The van der Waals surface area contributed by atoms with Gasteiger partial charge in [-0.3, -0.25) is 4.21 Å². The standard InChI is InChI=1S/C11H15BrN2OS/c12-10-5-3-6-11(14-10)16(15)8-9-4-1-2-7-13-9/h3,5-6,9,13H,1-2,4,7-8H2/t9-,16+/m0/s1. The molecule has 0 amide bonds. The molecule has 0 bridgehead atoms. The molecule has 2 rings (SSSR count). The number of hydrogen-bond acceptors (Lipinski definition) is 3. The van der Waals surface area contributed by atoms with Crippen LogP contribution in [0.3, 0.4) is 0 Å². The molecule has 1 aromatic heterocycles. The zero-order chi connectivity index (χ0) is 11.4. The van der Waals surface area contributed by atoms with Crippen LogP contribution in [-0.4, -0.2) is 27.5 Å². The fourth-order valence-electron chi connectivity index (χ4n) is 1.85.